The molecule has 0 aromatic heterocycles. The molecule has 0 radical (unpaired) electrons. The summed E-state index contributed by atoms with van der Waals surface area (Å²) in [4.78, 5) is 9.88. The lowest BCUT2D eigenvalue weighted by Gasteiger charge is -2.09. The maximum Gasteiger partial charge on any atom is 0.312 e. The molecule has 0 fully saturated rings. The fraction of sp³-hybridized carbons (Fsp3) is 0.400. The second-order valence-corrected chi connectivity index (χ2v) is 7.12. The highest BCUT2D eigenvalue weighted by atomic mass is 32.2. The van der Waals surface area contributed by atoms with Gasteiger partial charge in [-0.15, -0.1) is 0 Å². The van der Waals surface area contributed by atoms with Gasteiger partial charge in [0.15, 0.2) is 4.90 Å². The average molecular weight is 321 g/mol. The number of rotatable bonds is 7. The molecule has 112 valence electrons. The van der Waals surface area contributed by atoms with E-state index in [1.54, 1.807) is 0 Å². The normalized spacial score (nSPS) is 12.9. The van der Waals surface area contributed by atoms with Crippen molar-refractivity contribution in [1.29, 1.82) is 0 Å². The molecule has 1 atom stereocenters. The Morgan fingerprint density at radius 2 is 2.05 bits per heavy atom. The van der Waals surface area contributed by atoms with Gasteiger partial charge < -0.3 is 5.32 Å². The van der Waals surface area contributed by atoms with Gasteiger partial charge in [0.2, 0.25) is 10.0 Å². The van der Waals surface area contributed by atoms with Crippen molar-refractivity contribution in [3.05, 3.63) is 28.3 Å². The molecule has 0 saturated heterocycles. The van der Waals surface area contributed by atoms with Crippen LogP contribution in [0, 0.1) is 10.1 Å². The van der Waals surface area contributed by atoms with Crippen LogP contribution in [0.1, 0.15) is 0 Å². The minimum Gasteiger partial charge on any atom is -0.383 e. The fourth-order valence-corrected chi connectivity index (χ4v) is 3.27. The summed E-state index contributed by atoms with van der Waals surface area (Å²) in [6.07, 6.45) is 1.44. The van der Waals surface area contributed by atoms with Gasteiger partial charge in [-0.25, -0.2) is 13.1 Å². The Kier molecular flexibility index (Phi) is 5.60. The van der Waals surface area contributed by atoms with Gasteiger partial charge in [0, 0.05) is 36.4 Å². The summed E-state index contributed by atoms with van der Waals surface area (Å²) in [5.41, 5.74) is -0.405. The number of hydrogen-bond donors (Lipinski definition) is 2. The number of anilines is 1. The van der Waals surface area contributed by atoms with Gasteiger partial charge in [-0.3, -0.25) is 14.3 Å². The van der Waals surface area contributed by atoms with Crippen LogP contribution in [0.5, 0.6) is 0 Å². The van der Waals surface area contributed by atoms with Gasteiger partial charge in [0.05, 0.1) is 4.92 Å². The maximum atomic E-state index is 12.1. The average Bonchev–Trinajstić information content (AvgIpc) is 2.36. The summed E-state index contributed by atoms with van der Waals surface area (Å²) >= 11 is 0. The third-order valence-electron chi connectivity index (χ3n) is 2.42. The molecular formula is C10H15N3O5S2. The first-order valence-corrected chi connectivity index (χ1v) is 8.75. The van der Waals surface area contributed by atoms with Crippen molar-refractivity contribution in [1.82, 2.24) is 4.72 Å². The van der Waals surface area contributed by atoms with Gasteiger partial charge in [-0.1, -0.05) is 6.07 Å². The molecule has 2 N–H and O–H groups in total. The van der Waals surface area contributed by atoms with Gasteiger partial charge in [0.1, 0.15) is 5.69 Å². The number of benzene rings is 1. The lowest BCUT2D eigenvalue weighted by molar-refractivity contribution is -0.386. The summed E-state index contributed by atoms with van der Waals surface area (Å²) in [7, 11) is -3.72. The maximum absolute atomic E-state index is 12.1. The highest BCUT2D eigenvalue weighted by Gasteiger charge is 2.28. The topological polar surface area (TPSA) is 118 Å². The van der Waals surface area contributed by atoms with Gasteiger partial charge in [-0.2, -0.15) is 0 Å². The Labute approximate surface area is 119 Å². The van der Waals surface area contributed by atoms with E-state index in [2.05, 4.69) is 10.0 Å². The van der Waals surface area contributed by atoms with E-state index in [1.165, 1.54) is 25.4 Å². The number of para-hydroxylation sites is 1. The molecule has 1 unspecified atom stereocenters. The lowest BCUT2D eigenvalue weighted by atomic mass is 10.3. The van der Waals surface area contributed by atoms with Gasteiger partial charge in [-0.05, 0) is 12.1 Å². The summed E-state index contributed by atoms with van der Waals surface area (Å²) in [5.74, 6) is 0.138. The van der Waals surface area contributed by atoms with Crippen LogP contribution < -0.4 is 10.0 Å². The van der Waals surface area contributed by atoms with Gasteiger partial charge >= 0.3 is 5.69 Å². The van der Waals surface area contributed by atoms with E-state index in [9.17, 15) is 22.7 Å². The van der Waals surface area contributed by atoms with Crippen molar-refractivity contribution in [2.75, 3.05) is 30.9 Å². The number of nitrogens with one attached hydrogen (secondary N) is 2. The van der Waals surface area contributed by atoms with Crippen molar-refractivity contribution in [3.63, 3.8) is 0 Å². The Hall–Kier alpha value is -1.52. The first kappa shape index (κ1) is 16.5. The summed E-state index contributed by atoms with van der Waals surface area (Å²) in [6.45, 7) is -0.0492. The zero-order valence-electron chi connectivity index (χ0n) is 11.0. The number of nitrogens with zero attached hydrogens (tertiary/aromatic N) is 1. The smallest absolute Gasteiger partial charge is 0.312 e. The van der Waals surface area contributed by atoms with Crippen molar-refractivity contribution < 1.29 is 17.6 Å². The van der Waals surface area contributed by atoms with Crippen molar-refractivity contribution in [2.45, 2.75) is 4.90 Å². The molecule has 1 aromatic carbocycles. The molecule has 1 rings (SSSR count). The zero-order valence-corrected chi connectivity index (χ0v) is 12.6. The molecule has 0 heterocycles. The van der Waals surface area contributed by atoms with E-state index in [-0.39, 0.29) is 18.0 Å². The number of hydrogen-bond acceptors (Lipinski definition) is 6. The van der Waals surface area contributed by atoms with Crippen LogP contribution in [-0.4, -0.2) is 43.2 Å². The third kappa shape index (κ3) is 3.99. The van der Waals surface area contributed by atoms with E-state index < -0.39 is 36.3 Å². The fourth-order valence-electron chi connectivity index (χ4n) is 1.53. The van der Waals surface area contributed by atoms with Crippen LogP contribution in [0.15, 0.2) is 23.1 Å². The molecule has 0 aliphatic rings. The van der Waals surface area contributed by atoms with Crippen LogP contribution in [0.25, 0.3) is 0 Å². The standard InChI is InChI=1S/C10H15N3O5S2/c1-11-8-4-3-5-9(10(8)13(14)15)20(17,18)12-6-7-19(2)16/h3-5,11-12H,6-7H2,1-2H3. The van der Waals surface area contributed by atoms with Crippen molar-refractivity contribution in [3.8, 4) is 0 Å². The predicted molar refractivity (Wildman–Crippen MR) is 76.8 cm³/mol. The monoisotopic (exact) mass is 321 g/mol. The van der Waals surface area contributed by atoms with Crippen LogP contribution in [0.3, 0.4) is 0 Å². The summed E-state index contributed by atoms with van der Waals surface area (Å²) in [5, 5.41) is 13.6. The Bertz CT molecular complexity index is 630. The van der Waals surface area contributed by atoms with Crippen LogP contribution >= 0.6 is 0 Å². The number of nitro benzene ring substituents is 1. The summed E-state index contributed by atoms with van der Waals surface area (Å²) in [6, 6.07) is 3.98. The second kappa shape index (κ2) is 6.77. The number of nitro groups is 1. The molecular weight excluding hydrogens is 306 g/mol. The molecule has 0 aliphatic carbocycles. The van der Waals surface area contributed by atoms with E-state index in [4.69, 9.17) is 0 Å². The number of sulfonamides is 1. The highest BCUT2D eigenvalue weighted by Crippen LogP contribution is 2.31. The Morgan fingerprint density at radius 3 is 2.55 bits per heavy atom. The Morgan fingerprint density at radius 1 is 1.40 bits per heavy atom. The quantitative estimate of drug-likeness (QED) is 0.550. The lowest BCUT2D eigenvalue weighted by Crippen LogP contribution is -2.28. The molecule has 8 nitrogen and oxygen atoms in total. The van der Waals surface area contributed by atoms with E-state index in [1.807, 2.05) is 0 Å². The summed E-state index contributed by atoms with van der Waals surface area (Å²) < 4.78 is 37.2. The van der Waals surface area contributed by atoms with Crippen LogP contribution in [0.2, 0.25) is 0 Å². The largest absolute Gasteiger partial charge is 0.383 e. The van der Waals surface area contributed by atoms with Crippen molar-refractivity contribution >= 4 is 32.2 Å². The van der Waals surface area contributed by atoms with Crippen LogP contribution in [-0.2, 0) is 20.8 Å². The predicted octanol–water partition coefficient (Wildman–Crippen LogP) is 0.293. The Balaban J connectivity index is 3.18. The molecule has 0 saturated carbocycles. The van der Waals surface area contributed by atoms with Gasteiger partial charge in [0.25, 0.3) is 0 Å². The van der Waals surface area contributed by atoms with E-state index in [0.29, 0.717) is 0 Å². The van der Waals surface area contributed by atoms with E-state index in [0.717, 1.165) is 6.07 Å². The molecule has 0 amide bonds. The third-order valence-corrected chi connectivity index (χ3v) is 4.69. The molecule has 10 heteroatoms. The molecule has 0 spiro atoms. The first-order chi connectivity index (χ1) is 9.29. The SMILES string of the molecule is CNc1cccc(S(=O)(=O)NCCS(C)=O)c1[N+](=O)[O-]. The highest BCUT2D eigenvalue weighted by molar-refractivity contribution is 7.89. The molecule has 0 aliphatic heterocycles. The minimum absolute atomic E-state index is 0.0492. The minimum atomic E-state index is -4.03. The molecule has 1 aromatic rings. The van der Waals surface area contributed by atoms with Crippen molar-refractivity contribution in [2.24, 2.45) is 0 Å². The molecule has 20 heavy (non-hydrogen) atoms. The first-order valence-electron chi connectivity index (χ1n) is 5.54. The zero-order chi connectivity index (χ0) is 15.3. The second-order valence-electron chi connectivity index (χ2n) is 3.83. The molecule has 0 bridgehead atoms. The van der Waals surface area contributed by atoms with E-state index >= 15 is 0 Å². The van der Waals surface area contributed by atoms with Crippen LogP contribution in [0.4, 0.5) is 11.4 Å².